The van der Waals surface area contributed by atoms with Crippen LogP contribution in [0.4, 0.5) is 0 Å². The van der Waals surface area contributed by atoms with E-state index in [1.54, 1.807) is 0 Å². The van der Waals surface area contributed by atoms with Gasteiger partial charge in [-0.15, -0.1) is 0 Å². The fourth-order valence-corrected chi connectivity index (χ4v) is 5.50. The highest BCUT2D eigenvalue weighted by Crippen LogP contribution is 2.18. The highest BCUT2D eigenvalue weighted by atomic mass is 14.7. The number of rotatable bonds is 0. The van der Waals surface area contributed by atoms with Gasteiger partial charge in [-0.3, -0.25) is 15.0 Å². The predicted molar refractivity (Wildman–Crippen MR) is 207 cm³/mol. The molecule has 240 valence electrons. The summed E-state index contributed by atoms with van der Waals surface area (Å²) in [5.41, 5.74) is 13.1. The Balaban J connectivity index is 0.000000125. The molecule has 0 unspecified atom stereocenters. The summed E-state index contributed by atoms with van der Waals surface area (Å²) in [6.45, 7) is 16.6. The minimum atomic E-state index is 1.08. The maximum atomic E-state index is 4.44. The van der Waals surface area contributed by atoms with Crippen LogP contribution in [0, 0.1) is 55.4 Å². The summed E-state index contributed by atoms with van der Waals surface area (Å²) in [6.07, 6.45) is 1.90. The molecule has 48 heavy (non-hydrogen) atoms. The Morgan fingerprint density at radius 2 is 0.688 bits per heavy atom. The highest BCUT2D eigenvalue weighted by molar-refractivity contribution is 5.84. The minimum Gasteiger partial charge on any atom is -0.256 e. The molecule has 3 aromatic heterocycles. The second kappa shape index (κ2) is 15.5. The zero-order chi connectivity index (χ0) is 34.2. The van der Waals surface area contributed by atoms with Crippen LogP contribution in [0.15, 0.2) is 128 Å². The second-order valence-electron chi connectivity index (χ2n) is 12.9. The van der Waals surface area contributed by atoms with Gasteiger partial charge in [0.25, 0.3) is 0 Å². The number of benzene rings is 5. The fourth-order valence-electron chi connectivity index (χ4n) is 5.50. The summed E-state index contributed by atoms with van der Waals surface area (Å²) in [5, 5.41) is 6.33. The fraction of sp³-hybridized carbons (Fsp3) is 0.178. The Labute approximate surface area is 285 Å². The number of pyridine rings is 3. The van der Waals surface area contributed by atoms with Crippen LogP contribution < -0.4 is 0 Å². The number of hydrogen-bond acceptors (Lipinski definition) is 3. The summed E-state index contributed by atoms with van der Waals surface area (Å²) in [4.78, 5) is 13.2. The van der Waals surface area contributed by atoms with Gasteiger partial charge in [0.2, 0.25) is 0 Å². The molecule has 0 bridgehead atoms. The van der Waals surface area contributed by atoms with Crippen LogP contribution in [0.3, 0.4) is 0 Å². The summed E-state index contributed by atoms with van der Waals surface area (Å²) in [5.74, 6) is 0. The van der Waals surface area contributed by atoms with Crippen molar-refractivity contribution in [3.8, 4) is 0 Å². The van der Waals surface area contributed by atoms with Gasteiger partial charge >= 0.3 is 0 Å². The molecule has 0 aliphatic rings. The molecule has 8 rings (SSSR count). The molecule has 5 aromatic carbocycles. The molecular weight excluding hydrogens is 583 g/mol. The first kappa shape index (κ1) is 33.9. The Kier molecular flexibility index (Phi) is 10.9. The molecule has 0 saturated heterocycles. The summed E-state index contributed by atoms with van der Waals surface area (Å²) < 4.78 is 0. The lowest BCUT2D eigenvalue weighted by atomic mass is 10.1. The van der Waals surface area contributed by atoms with Crippen LogP contribution >= 0.6 is 0 Å². The maximum absolute atomic E-state index is 4.44. The molecule has 0 aliphatic heterocycles. The average molecular weight is 628 g/mol. The van der Waals surface area contributed by atoms with Crippen LogP contribution in [-0.2, 0) is 0 Å². The first-order chi connectivity index (χ1) is 23.0. The van der Waals surface area contributed by atoms with E-state index in [2.05, 4.69) is 166 Å². The van der Waals surface area contributed by atoms with Crippen molar-refractivity contribution >= 4 is 43.5 Å². The average Bonchev–Trinajstić information content (AvgIpc) is 3.05. The third-order valence-corrected chi connectivity index (χ3v) is 8.10. The van der Waals surface area contributed by atoms with Gasteiger partial charge in [0.1, 0.15) is 0 Å². The molecular formula is C45H45N3. The summed E-state index contributed by atoms with van der Waals surface area (Å²) in [7, 11) is 0. The second-order valence-corrected chi connectivity index (χ2v) is 12.9. The van der Waals surface area contributed by atoms with Gasteiger partial charge in [-0.2, -0.15) is 0 Å². The van der Waals surface area contributed by atoms with Crippen LogP contribution in [-0.4, -0.2) is 15.0 Å². The van der Waals surface area contributed by atoms with Gasteiger partial charge in [-0.05, 0) is 125 Å². The van der Waals surface area contributed by atoms with E-state index in [-0.39, 0.29) is 0 Å². The van der Waals surface area contributed by atoms with E-state index in [4.69, 9.17) is 0 Å². The Hall–Kier alpha value is -5.41. The molecule has 0 aliphatic carbocycles. The summed E-state index contributed by atoms with van der Waals surface area (Å²) in [6, 6.07) is 42.5. The molecule has 3 nitrogen and oxygen atoms in total. The predicted octanol–water partition coefficient (Wildman–Crippen LogP) is 12.0. The van der Waals surface area contributed by atoms with Crippen LogP contribution in [0.1, 0.15) is 44.8 Å². The van der Waals surface area contributed by atoms with E-state index in [1.165, 1.54) is 60.3 Å². The van der Waals surface area contributed by atoms with E-state index >= 15 is 0 Å². The molecule has 3 heterocycles. The highest BCUT2D eigenvalue weighted by Gasteiger charge is 1.97. The van der Waals surface area contributed by atoms with E-state index in [0.29, 0.717) is 0 Å². The van der Waals surface area contributed by atoms with Gasteiger partial charge in [0.05, 0.1) is 16.6 Å². The number of aromatic nitrogens is 3. The number of hydrogen-bond donors (Lipinski definition) is 0. The molecule has 0 fully saturated rings. The SMILES string of the molecule is Cc1ccc2ccc(C)cc2c1.Cc1ccc2ccc(C)nc2c1.Cc1ccc2nc(C)ccc2c1.Cc1cnc2cc(C)ccc2c1. The molecule has 0 spiro atoms. The molecule has 0 atom stereocenters. The Bertz CT molecular complexity index is 2010. The van der Waals surface area contributed by atoms with E-state index in [9.17, 15) is 0 Å². The van der Waals surface area contributed by atoms with Crippen molar-refractivity contribution in [3.63, 3.8) is 0 Å². The number of fused-ring (bicyclic) bond motifs is 4. The zero-order valence-electron chi connectivity index (χ0n) is 29.5. The molecule has 0 amide bonds. The first-order valence-corrected chi connectivity index (χ1v) is 16.5. The lowest BCUT2D eigenvalue weighted by Gasteiger charge is -1.99. The van der Waals surface area contributed by atoms with Gasteiger partial charge < -0.3 is 0 Å². The Morgan fingerprint density at radius 3 is 1.31 bits per heavy atom. The van der Waals surface area contributed by atoms with Crippen molar-refractivity contribution < 1.29 is 0 Å². The van der Waals surface area contributed by atoms with Crippen molar-refractivity contribution in [2.45, 2.75) is 55.4 Å². The van der Waals surface area contributed by atoms with E-state index < -0.39 is 0 Å². The lowest BCUT2D eigenvalue weighted by molar-refractivity contribution is 1.25. The van der Waals surface area contributed by atoms with Crippen molar-refractivity contribution in [3.05, 3.63) is 172 Å². The largest absolute Gasteiger partial charge is 0.256 e. The Morgan fingerprint density at radius 1 is 0.292 bits per heavy atom. The van der Waals surface area contributed by atoms with Crippen molar-refractivity contribution in [1.82, 2.24) is 15.0 Å². The molecule has 3 heteroatoms. The standard InChI is InChI=1S/C12H12.3C11H11N/c1-9-3-5-11-6-4-10(2)8-12(11)7-9;1-8-3-6-11-10(7-8)5-4-9(2)12-11;1-8-3-5-10-6-4-9(2)12-11(10)7-8;1-8-3-4-10-5-9(2)7-12-11(10)6-8/h3-8H,1-2H3;3*3-7H,1-2H3. The van der Waals surface area contributed by atoms with Gasteiger partial charge in [0.15, 0.2) is 0 Å². The lowest BCUT2D eigenvalue weighted by Crippen LogP contribution is -1.83. The van der Waals surface area contributed by atoms with Gasteiger partial charge in [-0.1, -0.05) is 95.6 Å². The van der Waals surface area contributed by atoms with Crippen LogP contribution in [0.5, 0.6) is 0 Å². The third kappa shape index (κ3) is 9.33. The van der Waals surface area contributed by atoms with Gasteiger partial charge in [0, 0.05) is 33.7 Å². The van der Waals surface area contributed by atoms with Crippen molar-refractivity contribution in [2.75, 3.05) is 0 Å². The van der Waals surface area contributed by atoms with Crippen molar-refractivity contribution in [1.29, 1.82) is 0 Å². The molecule has 0 N–H and O–H groups in total. The van der Waals surface area contributed by atoms with Crippen LogP contribution in [0.25, 0.3) is 43.5 Å². The minimum absolute atomic E-state index is 1.08. The third-order valence-electron chi connectivity index (χ3n) is 8.10. The topological polar surface area (TPSA) is 38.7 Å². The monoisotopic (exact) mass is 627 g/mol. The van der Waals surface area contributed by atoms with Crippen molar-refractivity contribution in [2.24, 2.45) is 0 Å². The quantitative estimate of drug-likeness (QED) is 0.168. The number of aryl methyl sites for hydroxylation is 8. The first-order valence-electron chi connectivity index (χ1n) is 16.5. The zero-order valence-corrected chi connectivity index (χ0v) is 29.5. The molecule has 0 radical (unpaired) electrons. The molecule has 8 aromatic rings. The smallest absolute Gasteiger partial charge is 0.0707 e. The van der Waals surface area contributed by atoms with E-state index in [0.717, 1.165) is 27.9 Å². The summed E-state index contributed by atoms with van der Waals surface area (Å²) >= 11 is 0. The number of nitrogens with zero attached hydrogens (tertiary/aromatic N) is 3. The van der Waals surface area contributed by atoms with E-state index in [1.807, 2.05) is 32.2 Å². The molecule has 0 saturated carbocycles. The van der Waals surface area contributed by atoms with Crippen LogP contribution in [0.2, 0.25) is 0 Å². The normalized spacial score (nSPS) is 10.5. The van der Waals surface area contributed by atoms with Gasteiger partial charge in [-0.25, -0.2) is 0 Å². The maximum Gasteiger partial charge on any atom is 0.0707 e.